The molecule has 4 nitrogen and oxygen atoms in total. The molecule has 0 aliphatic rings. The molecule has 0 aliphatic carbocycles. The minimum Gasteiger partial charge on any atom is -0.480 e. The van der Waals surface area contributed by atoms with Crippen molar-refractivity contribution in [2.24, 2.45) is 5.73 Å². The Morgan fingerprint density at radius 1 is 1.70 bits per heavy atom. The van der Waals surface area contributed by atoms with Crippen LogP contribution in [-0.2, 0) is 4.79 Å². The van der Waals surface area contributed by atoms with E-state index < -0.39 is 18.1 Å². The van der Waals surface area contributed by atoms with Gasteiger partial charge >= 0.3 is 5.97 Å². The summed E-state index contributed by atoms with van der Waals surface area (Å²) < 4.78 is 0. The molecule has 4 heteroatoms. The van der Waals surface area contributed by atoms with Crippen LogP contribution in [0.1, 0.15) is 19.8 Å². The van der Waals surface area contributed by atoms with E-state index in [1.54, 1.807) is 6.92 Å². The van der Waals surface area contributed by atoms with Gasteiger partial charge in [-0.25, -0.2) is 0 Å². The highest BCUT2D eigenvalue weighted by Gasteiger charge is 2.14. The fourth-order valence-corrected chi connectivity index (χ4v) is 0.561. The number of rotatable bonds is 4. The highest BCUT2D eigenvalue weighted by molar-refractivity contribution is 5.73. The molecule has 0 fully saturated rings. The maximum Gasteiger partial charge on any atom is 0.320 e. The molecule has 0 aromatic heterocycles. The summed E-state index contributed by atoms with van der Waals surface area (Å²) in [5.41, 5.74) is 5.13. The van der Waals surface area contributed by atoms with Crippen LogP contribution in [0.25, 0.3) is 0 Å². The van der Waals surface area contributed by atoms with Gasteiger partial charge < -0.3 is 15.9 Å². The summed E-state index contributed by atoms with van der Waals surface area (Å²) in [5.74, 6) is -1.06. The number of hydrogen-bond donors (Lipinski definition) is 3. The Labute approximate surface area is 59.7 Å². The predicted octanol–water partition coefficient (Wildman–Crippen LogP) is -0.441. The zero-order valence-electron chi connectivity index (χ0n) is 5.95. The molecule has 0 aliphatic heterocycles. The number of aliphatic hydroxyl groups is 1. The first kappa shape index (κ1) is 9.39. The van der Waals surface area contributed by atoms with E-state index in [9.17, 15) is 4.79 Å². The summed E-state index contributed by atoms with van der Waals surface area (Å²) in [6, 6.07) is -0.935. The summed E-state index contributed by atoms with van der Waals surface area (Å²) in [5, 5.41) is 17.2. The maximum atomic E-state index is 10.1. The first-order valence-electron chi connectivity index (χ1n) is 3.24. The Balaban J connectivity index is 3.56. The average Bonchev–Trinajstić information content (AvgIpc) is 1.87. The smallest absolute Gasteiger partial charge is 0.320 e. The third-order valence-corrected chi connectivity index (χ3v) is 1.31. The molecule has 0 aromatic carbocycles. The van der Waals surface area contributed by atoms with Crippen molar-refractivity contribution in [2.75, 3.05) is 0 Å². The van der Waals surface area contributed by atoms with Crippen LogP contribution in [0.15, 0.2) is 0 Å². The molecule has 0 spiro atoms. The molecule has 10 heavy (non-hydrogen) atoms. The minimum absolute atomic E-state index is 0.131. The van der Waals surface area contributed by atoms with Gasteiger partial charge in [-0.3, -0.25) is 4.79 Å². The molecule has 0 amide bonds. The molecule has 0 rings (SSSR count). The highest BCUT2D eigenvalue weighted by Crippen LogP contribution is 1.99. The molecule has 0 saturated heterocycles. The van der Waals surface area contributed by atoms with E-state index in [-0.39, 0.29) is 6.42 Å². The van der Waals surface area contributed by atoms with E-state index in [1.165, 1.54) is 0 Å². The Hall–Kier alpha value is -0.610. The molecule has 2 atom stereocenters. The molecule has 0 radical (unpaired) electrons. The lowest BCUT2D eigenvalue weighted by molar-refractivity contribution is -0.139. The Bertz CT molecular complexity index is 116. The number of hydrogen-bond acceptors (Lipinski definition) is 3. The third kappa shape index (κ3) is 3.42. The van der Waals surface area contributed by atoms with E-state index in [2.05, 4.69) is 0 Å². The number of nitrogens with two attached hydrogens (primary N) is 1. The van der Waals surface area contributed by atoms with Crippen LogP contribution in [-0.4, -0.2) is 28.3 Å². The number of aliphatic carboxylic acids is 1. The summed E-state index contributed by atoms with van der Waals surface area (Å²) in [6.45, 7) is 1.78. The van der Waals surface area contributed by atoms with Crippen molar-refractivity contribution in [1.82, 2.24) is 0 Å². The standard InChI is InChI=1S/C6H13NO3/c1-2-4(8)3-5(7)6(9)10/h4-5,8H,2-3,7H2,1H3,(H,9,10). The topological polar surface area (TPSA) is 83.5 Å². The monoisotopic (exact) mass is 147 g/mol. The van der Waals surface area contributed by atoms with Crippen LogP contribution in [0.5, 0.6) is 0 Å². The fourth-order valence-electron chi connectivity index (χ4n) is 0.561. The third-order valence-electron chi connectivity index (χ3n) is 1.31. The van der Waals surface area contributed by atoms with Gasteiger partial charge in [0.1, 0.15) is 6.04 Å². The number of carboxylic acids is 1. The van der Waals surface area contributed by atoms with Crippen LogP contribution < -0.4 is 5.73 Å². The summed E-state index contributed by atoms with van der Waals surface area (Å²) in [6.07, 6.45) is 0.0819. The van der Waals surface area contributed by atoms with E-state index >= 15 is 0 Å². The van der Waals surface area contributed by atoms with Gasteiger partial charge in [0.15, 0.2) is 0 Å². The van der Waals surface area contributed by atoms with Crippen LogP contribution in [0.2, 0.25) is 0 Å². The molecule has 0 aromatic rings. The van der Waals surface area contributed by atoms with Gasteiger partial charge in [-0.05, 0) is 12.8 Å². The molecule has 0 bridgehead atoms. The highest BCUT2D eigenvalue weighted by atomic mass is 16.4. The molecule has 0 saturated carbocycles. The summed E-state index contributed by atoms with van der Waals surface area (Å²) in [4.78, 5) is 10.1. The average molecular weight is 147 g/mol. The molecule has 60 valence electrons. The van der Waals surface area contributed by atoms with Gasteiger partial charge in [0.2, 0.25) is 0 Å². The molecular weight excluding hydrogens is 134 g/mol. The maximum absolute atomic E-state index is 10.1. The second-order valence-electron chi connectivity index (χ2n) is 2.24. The van der Waals surface area contributed by atoms with Crippen molar-refractivity contribution in [3.63, 3.8) is 0 Å². The van der Waals surface area contributed by atoms with E-state index in [0.29, 0.717) is 6.42 Å². The zero-order valence-corrected chi connectivity index (χ0v) is 5.95. The first-order valence-corrected chi connectivity index (χ1v) is 3.24. The van der Waals surface area contributed by atoms with Crippen LogP contribution in [0.3, 0.4) is 0 Å². The predicted molar refractivity (Wildman–Crippen MR) is 36.5 cm³/mol. The second kappa shape index (κ2) is 4.24. The zero-order chi connectivity index (χ0) is 8.15. The minimum atomic E-state index is -1.06. The molecule has 2 unspecified atom stereocenters. The van der Waals surface area contributed by atoms with Gasteiger partial charge in [0.05, 0.1) is 6.10 Å². The lowest BCUT2D eigenvalue weighted by Gasteiger charge is -2.09. The van der Waals surface area contributed by atoms with Gasteiger partial charge in [-0.15, -0.1) is 0 Å². The largest absolute Gasteiger partial charge is 0.480 e. The van der Waals surface area contributed by atoms with Crippen LogP contribution >= 0.6 is 0 Å². The SMILES string of the molecule is CCC(O)CC(N)C(=O)O. The number of carboxylic acid groups (broad SMARTS) is 1. The van der Waals surface area contributed by atoms with Crippen molar-refractivity contribution in [3.8, 4) is 0 Å². The van der Waals surface area contributed by atoms with Crippen molar-refractivity contribution < 1.29 is 15.0 Å². The quantitative estimate of drug-likeness (QED) is 0.503. The van der Waals surface area contributed by atoms with Crippen LogP contribution in [0, 0.1) is 0 Å². The first-order chi connectivity index (χ1) is 4.57. The van der Waals surface area contributed by atoms with Gasteiger partial charge in [-0.2, -0.15) is 0 Å². The molecule has 0 heterocycles. The molecule has 4 N–H and O–H groups in total. The van der Waals surface area contributed by atoms with E-state index in [1.807, 2.05) is 0 Å². The fraction of sp³-hybridized carbons (Fsp3) is 0.833. The number of carbonyl (C=O) groups is 1. The second-order valence-corrected chi connectivity index (χ2v) is 2.24. The lowest BCUT2D eigenvalue weighted by Crippen LogP contribution is -2.33. The Morgan fingerprint density at radius 2 is 2.20 bits per heavy atom. The van der Waals surface area contributed by atoms with Gasteiger partial charge in [0, 0.05) is 0 Å². The summed E-state index contributed by atoms with van der Waals surface area (Å²) in [7, 11) is 0. The van der Waals surface area contributed by atoms with Crippen molar-refractivity contribution in [2.45, 2.75) is 31.9 Å². The molecular formula is C6H13NO3. The van der Waals surface area contributed by atoms with Crippen molar-refractivity contribution in [1.29, 1.82) is 0 Å². The lowest BCUT2D eigenvalue weighted by atomic mass is 10.1. The van der Waals surface area contributed by atoms with E-state index in [4.69, 9.17) is 15.9 Å². The normalized spacial score (nSPS) is 16.3. The van der Waals surface area contributed by atoms with E-state index in [0.717, 1.165) is 0 Å². The van der Waals surface area contributed by atoms with Crippen molar-refractivity contribution >= 4 is 5.97 Å². The Kier molecular flexibility index (Phi) is 3.99. The van der Waals surface area contributed by atoms with Crippen LogP contribution in [0.4, 0.5) is 0 Å². The number of aliphatic hydroxyl groups excluding tert-OH is 1. The van der Waals surface area contributed by atoms with Crippen molar-refractivity contribution in [3.05, 3.63) is 0 Å². The Morgan fingerprint density at radius 3 is 2.50 bits per heavy atom. The summed E-state index contributed by atoms with van der Waals surface area (Å²) >= 11 is 0. The van der Waals surface area contributed by atoms with Gasteiger partial charge in [0.25, 0.3) is 0 Å². The van der Waals surface area contributed by atoms with Gasteiger partial charge in [-0.1, -0.05) is 6.92 Å².